The number of carbonyl (C=O) groups excluding carboxylic acids is 1. The maximum absolute atomic E-state index is 12.5. The molecule has 0 saturated heterocycles. The lowest BCUT2D eigenvalue weighted by atomic mass is 10.1. The number of nitrogens with one attached hydrogen (secondary N) is 1. The Balaban J connectivity index is 1.84. The molecule has 0 aliphatic carbocycles. The molecule has 0 saturated carbocycles. The first kappa shape index (κ1) is 16.8. The monoisotopic (exact) mass is 335 g/mol. The number of amides is 1. The van der Waals surface area contributed by atoms with Gasteiger partial charge in [-0.25, -0.2) is 9.67 Å². The third-order valence-corrected chi connectivity index (χ3v) is 4.04. The van der Waals surface area contributed by atoms with Crippen LogP contribution in [0.5, 0.6) is 0 Å². The zero-order chi connectivity index (χ0) is 18.0. The molecule has 0 aromatic carbocycles. The average molecular weight is 335 g/mol. The van der Waals surface area contributed by atoms with E-state index < -0.39 is 0 Å². The summed E-state index contributed by atoms with van der Waals surface area (Å²) in [6.07, 6.45) is 6.77. The Bertz CT molecular complexity index is 896. The fraction of sp³-hybridized carbons (Fsp3) is 0.263. The van der Waals surface area contributed by atoms with Crippen LogP contribution < -0.4 is 5.32 Å². The molecule has 0 bridgehead atoms. The quantitative estimate of drug-likeness (QED) is 0.790. The van der Waals surface area contributed by atoms with Gasteiger partial charge in [-0.1, -0.05) is 19.9 Å². The molecule has 0 spiro atoms. The van der Waals surface area contributed by atoms with E-state index in [1.807, 2.05) is 38.2 Å². The van der Waals surface area contributed by atoms with E-state index in [1.165, 1.54) is 5.56 Å². The predicted octanol–water partition coefficient (Wildman–Crippen LogP) is 3.65. The summed E-state index contributed by atoms with van der Waals surface area (Å²) in [5.74, 6) is 0.901. The van der Waals surface area contributed by atoms with Crippen LogP contribution in [0.3, 0.4) is 0 Å². The molecule has 6 heteroatoms. The van der Waals surface area contributed by atoms with Gasteiger partial charge in [-0.15, -0.1) is 0 Å². The van der Waals surface area contributed by atoms with Gasteiger partial charge in [-0.05, 0) is 43.0 Å². The summed E-state index contributed by atoms with van der Waals surface area (Å²) in [5, 5.41) is 7.17. The van der Waals surface area contributed by atoms with Gasteiger partial charge in [-0.2, -0.15) is 5.10 Å². The fourth-order valence-electron chi connectivity index (χ4n) is 2.55. The molecule has 0 unspecified atom stereocenters. The minimum absolute atomic E-state index is 0.213. The minimum Gasteiger partial charge on any atom is -0.320 e. The van der Waals surface area contributed by atoms with Gasteiger partial charge < -0.3 is 5.32 Å². The van der Waals surface area contributed by atoms with E-state index in [4.69, 9.17) is 0 Å². The molecule has 3 aromatic rings. The van der Waals surface area contributed by atoms with Gasteiger partial charge in [-0.3, -0.25) is 9.78 Å². The maximum atomic E-state index is 12.5. The first-order valence-corrected chi connectivity index (χ1v) is 8.19. The molecule has 25 heavy (non-hydrogen) atoms. The Hall–Kier alpha value is -3.02. The number of aromatic nitrogens is 4. The third kappa shape index (κ3) is 3.57. The van der Waals surface area contributed by atoms with E-state index in [0.717, 1.165) is 11.3 Å². The molecule has 0 fully saturated rings. The maximum Gasteiger partial charge on any atom is 0.259 e. The summed E-state index contributed by atoms with van der Waals surface area (Å²) >= 11 is 0. The Morgan fingerprint density at radius 2 is 1.92 bits per heavy atom. The zero-order valence-electron chi connectivity index (χ0n) is 14.8. The summed E-state index contributed by atoms with van der Waals surface area (Å²) in [7, 11) is 0. The number of nitrogens with zero attached hydrogens (tertiary/aromatic N) is 4. The fourth-order valence-corrected chi connectivity index (χ4v) is 2.55. The summed E-state index contributed by atoms with van der Waals surface area (Å²) in [4.78, 5) is 21.1. The highest BCUT2D eigenvalue weighted by molar-refractivity contribution is 6.04. The van der Waals surface area contributed by atoms with Crippen molar-refractivity contribution >= 4 is 11.6 Å². The smallest absolute Gasteiger partial charge is 0.259 e. The summed E-state index contributed by atoms with van der Waals surface area (Å²) in [6, 6.07) is 5.82. The van der Waals surface area contributed by atoms with Crippen molar-refractivity contribution in [3.05, 3.63) is 65.4 Å². The van der Waals surface area contributed by atoms with Crippen molar-refractivity contribution in [1.29, 1.82) is 0 Å². The van der Waals surface area contributed by atoms with Gasteiger partial charge >= 0.3 is 0 Å². The molecule has 3 aromatic heterocycles. The molecule has 6 nitrogen and oxygen atoms in total. The van der Waals surface area contributed by atoms with Crippen molar-refractivity contribution in [2.45, 2.75) is 33.6 Å². The molecular weight excluding hydrogens is 314 g/mol. The first-order chi connectivity index (χ1) is 12.0. The van der Waals surface area contributed by atoms with Gasteiger partial charge in [0.25, 0.3) is 5.91 Å². The van der Waals surface area contributed by atoms with E-state index >= 15 is 0 Å². The number of aryl methyl sites for hydroxylation is 1. The van der Waals surface area contributed by atoms with Crippen molar-refractivity contribution in [3.8, 4) is 5.82 Å². The topological polar surface area (TPSA) is 72.7 Å². The Morgan fingerprint density at radius 3 is 2.56 bits per heavy atom. The van der Waals surface area contributed by atoms with Crippen molar-refractivity contribution in [2.75, 3.05) is 5.32 Å². The van der Waals surface area contributed by atoms with Gasteiger partial charge in [0, 0.05) is 12.4 Å². The third-order valence-electron chi connectivity index (χ3n) is 4.04. The molecule has 1 N–H and O–H groups in total. The minimum atomic E-state index is -0.213. The van der Waals surface area contributed by atoms with E-state index in [0.29, 0.717) is 23.0 Å². The number of rotatable bonds is 4. The highest BCUT2D eigenvalue weighted by atomic mass is 16.1. The molecule has 1 amide bonds. The van der Waals surface area contributed by atoms with Gasteiger partial charge in [0.1, 0.15) is 0 Å². The highest BCUT2D eigenvalue weighted by Crippen LogP contribution is 2.18. The van der Waals surface area contributed by atoms with Crippen molar-refractivity contribution in [1.82, 2.24) is 19.7 Å². The van der Waals surface area contributed by atoms with Crippen LogP contribution in [0, 0.1) is 13.8 Å². The van der Waals surface area contributed by atoms with Crippen LogP contribution in [0.15, 0.2) is 43.0 Å². The average Bonchev–Trinajstić information content (AvgIpc) is 2.96. The van der Waals surface area contributed by atoms with E-state index in [9.17, 15) is 4.79 Å². The van der Waals surface area contributed by atoms with Crippen LogP contribution in [0.4, 0.5) is 5.69 Å². The molecular formula is C19H21N5O. The van der Waals surface area contributed by atoms with Gasteiger partial charge in [0.2, 0.25) is 0 Å². The van der Waals surface area contributed by atoms with Crippen LogP contribution in [-0.2, 0) is 0 Å². The molecule has 0 aliphatic heterocycles. The zero-order valence-corrected chi connectivity index (χ0v) is 14.8. The number of pyridine rings is 2. The molecule has 0 atom stereocenters. The first-order valence-electron chi connectivity index (χ1n) is 8.19. The molecule has 3 heterocycles. The summed E-state index contributed by atoms with van der Waals surface area (Å²) in [6.45, 7) is 8.03. The molecule has 0 radical (unpaired) electrons. The lowest BCUT2D eigenvalue weighted by Gasteiger charge is -2.08. The number of hydrogen-bond acceptors (Lipinski definition) is 4. The van der Waals surface area contributed by atoms with E-state index in [-0.39, 0.29) is 5.91 Å². The highest BCUT2D eigenvalue weighted by Gasteiger charge is 2.16. The Morgan fingerprint density at radius 1 is 1.12 bits per heavy atom. The molecule has 0 aliphatic rings. The normalized spacial score (nSPS) is 10.9. The second kappa shape index (κ2) is 6.84. The SMILES string of the molecule is Cc1cncc(NC(=O)c2cnn(-c3ccc(C(C)C)cn3)c2C)c1. The van der Waals surface area contributed by atoms with Crippen molar-refractivity contribution in [3.63, 3.8) is 0 Å². The van der Waals surface area contributed by atoms with Crippen LogP contribution in [-0.4, -0.2) is 25.7 Å². The molecule has 128 valence electrons. The molecule has 3 rings (SSSR count). The van der Waals surface area contributed by atoms with Crippen LogP contribution >= 0.6 is 0 Å². The van der Waals surface area contributed by atoms with E-state index in [1.54, 1.807) is 23.3 Å². The Kier molecular flexibility index (Phi) is 4.61. The van der Waals surface area contributed by atoms with Crippen molar-refractivity contribution in [2.24, 2.45) is 0 Å². The number of anilines is 1. The van der Waals surface area contributed by atoms with Crippen LogP contribution in [0.1, 0.15) is 46.9 Å². The lowest BCUT2D eigenvalue weighted by molar-refractivity contribution is 0.102. The van der Waals surface area contributed by atoms with Crippen molar-refractivity contribution < 1.29 is 4.79 Å². The van der Waals surface area contributed by atoms with Gasteiger partial charge in [0.05, 0.1) is 29.3 Å². The van der Waals surface area contributed by atoms with Crippen LogP contribution in [0.25, 0.3) is 5.82 Å². The van der Waals surface area contributed by atoms with Crippen LogP contribution in [0.2, 0.25) is 0 Å². The lowest BCUT2D eigenvalue weighted by Crippen LogP contribution is -2.13. The number of carbonyl (C=O) groups is 1. The predicted molar refractivity (Wildman–Crippen MR) is 97.1 cm³/mol. The largest absolute Gasteiger partial charge is 0.320 e. The Labute approximate surface area is 146 Å². The summed E-state index contributed by atoms with van der Waals surface area (Å²) in [5.41, 5.74) is 4.06. The standard InChI is InChI=1S/C19H21N5O/c1-12(2)15-5-6-18(21-9-15)24-14(4)17(11-22-24)19(25)23-16-7-13(3)8-20-10-16/h5-12H,1-4H3,(H,23,25). The van der Waals surface area contributed by atoms with Gasteiger partial charge in [0.15, 0.2) is 5.82 Å². The number of hydrogen-bond donors (Lipinski definition) is 1. The second-order valence-electron chi connectivity index (χ2n) is 6.36. The summed E-state index contributed by atoms with van der Waals surface area (Å²) < 4.78 is 1.67. The van der Waals surface area contributed by atoms with E-state index in [2.05, 4.69) is 34.2 Å². The second-order valence-corrected chi connectivity index (χ2v) is 6.36.